The van der Waals surface area contributed by atoms with E-state index in [9.17, 15) is 17.8 Å². The van der Waals surface area contributed by atoms with Crippen LogP contribution < -0.4 is 0 Å². The second-order valence-electron chi connectivity index (χ2n) is 5.02. The lowest BCUT2D eigenvalue weighted by Crippen LogP contribution is -2.18. The Bertz CT molecular complexity index is 517. The molecule has 0 unspecified atom stereocenters. The Morgan fingerprint density at radius 1 is 1.20 bits per heavy atom. The molecule has 4 nitrogen and oxygen atoms in total. The molecule has 0 spiro atoms. The molecule has 1 aromatic carbocycles. The van der Waals surface area contributed by atoms with Crippen LogP contribution in [0.3, 0.4) is 0 Å². The van der Waals surface area contributed by atoms with Gasteiger partial charge in [-0.2, -0.15) is 0 Å². The van der Waals surface area contributed by atoms with Gasteiger partial charge in [-0.1, -0.05) is 31.5 Å². The van der Waals surface area contributed by atoms with E-state index in [0.29, 0.717) is 5.78 Å². The van der Waals surface area contributed by atoms with Gasteiger partial charge in [0, 0.05) is 5.92 Å². The van der Waals surface area contributed by atoms with E-state index in [4.69, 9.17) is 0 Å². The number of benzene rings is 1. The summed E-state index contributed by atoms with van der Waals surface area (Å²) in [5.74, 6) is 1.38. The van der Waals surface area contributed by atoms with E-state index < -0.39 is 10.1 Å². The summed E-state index contributed by atoms with van der Waals surface area (Å²) in [5, 5.41) is 0. The molecule has 0 aliphatic rings. The molecule has 0 radical (unpaired) electrons. The van der Waals surface area contributed by atoms with Crippen LogP contribution in [0.15, 0.2) is 29.2 Å². The Balaban J connectivity index is 0.000000370. The molecule has 1 aromatic rings. The molecule has 20 heavy (non-hydrogen) atoms. The van der Waals surface area contributed by atoms with Gasteiger partial charge in [-0.15, -0.1) is 0 Å². The molecule has 114 valence electrons. The first-order chi connectivity index (χ1) is 9.04. The smallest absolute Gasteiger partial charge is 0.184 e. The molecule has 0 N–H and O–H groups in total. The van der Waals surface area contributed by atoms with Gasteiger partial charge in [0.15, 0.2) is 11.5 Å². The average molecular weight is 318 g/mol. The number of ketones is 1. The van der Waals surface area contributed by atoms with Crippen LogP contribution in [0.4, 0.5) is 0 Å². The molecule has 0 heterocycles. The third-order valence-electron chi connectivity index (χ3n) is 2.38. The van der Waals surface area contributed by atoms with Crippen molar-refractivity contribution in [1.29, 1.82) is 0 Å². The van der Waals surface area contributed by atoms with E-state index in [-0.39, 0.29) is 21.7 Å². The van der Waals surface area contributed by atoms with Gasteiger partial charge in [0.05, 0.1) is 17.4 Å². The van der Waals surface area contributed by atoms with Gasteiger partial charge in [0.2, 0.25) is 0 Å². The van der Waals surface area contributed by atoms with Crippen molar-refractivity contribution in [2.24, 2.45) is 5.92 Å². The number of aryl methyl sites for hydroxylation is 1. The lowest BCUT2D eigenvalue weighted by molar-refractivity contribution is -0.119. The van der Waals surface area contributed by atoms with E-state index >= 15 is 0 Å². The molecule has 0 atom stereocenters. The highest BCUT2D eigenvalue weighted by atomic mass is 32.2. The summed E-state index contributed by atoms with van der Waals surface area (Å²) in [6.07, 6.45) is 4.20. The van der Waals surface area contributed by atoms with Crippen molar-refractivity contribution in [3.63, 3.8) is 0 Å². The summed E-state index contributed by atoms with van der Waals surface area (Å²) in [4.78, 5) is 10.8. The third kappa shape index (κ3) is 8.35. The standard InChI is InChI=1S/C7H8O3S.C7H15OS/c1-6-2-4-7(5-3-6)11(8,9)10;1-6(2)7(8)5-9(3)4/h2-5H,1H3,(H,8,9,10);6H,5H2,1-4H3/q;+1/p-1. The Morgan fingerprint density at radius 2 is 1.65 bits per heavy atom. The van der Waals surface area contributed by atoms with E-state index in [1.807, 2.05) is 20.8 Å². The number of hydrogen-bond donors (Lipinski definition) is 0. The van der Waals surface area contributed by atoms with Crippen molar-refractivity contribution in [2.45, 2.75) is 25.7 Å². The number of rotatable bonds is 4. The van der Waals surface area contributed by atoms with Crippen molar-refractivity contribution in [1.82, 2.24) is 0 Å². The van der Waals surface area contributed by atoms with Crippen molar-refractivity contribution in [3.8, 4) is 0 Å². The fourth-order valence-corrected chi connectivity index (χ4v) is 2.53. The van der Waals surface area contributed by atoms with Crippen LogP contribution in [-0.4, -0.2) is 37.0 Å². The molecular weight excluding hydrogens is 296 g/mol. The number of carbonyl (C=O) groups is 1. The SMILES string of the molecule is CC(C)C(=O)C[S+](C)C.Cc1ccc(S(=O)(=O)[O-])cc1. The summed E-state index contributed by atoms with van der Waals surface area (Å²) >= 11 is 0. The zero-order valence-corrected chi connectivity index (χ0v) is 14.2. The maximum atomic E-state index is 11.0. The van der Waals surface area contributed by atoms with Gasteiger partial charge in [-0.25, -0.2) is 8.42 Å². The maximum Gasteiger partial charge on any atom is 0.184 e. The Morgan fingerprint density at radius 3 is 1.90 bits per heavy atom. The summed E-state index contributed by atoms with van der Waals surface area (Å²) in [6, 6.07) is 5.78. The largest absolute Gasteiger partial charge is 0.744 e. The van der Waals surface area contributed by atoms with E-state index in [1.165, 1.54) is 12.1 Å². The first-order valence-corrected chi connectivity index (χ1v) is 9.75. The van der Waals surface area contributed by atoms with Crippen LogP contribution in [0.1, 0.15) is 19.4 Å². The van der Waals surface area contributed by atoms with Gasteiger partial charge in [0.1, 0.15) is 10.1 Å². The minimum atomic E-state index is -4.27. The minimum Gasteiger partial charge on any atom is -0.744 e. The van der Waals surface area contributed by atoms with Crippen molar-refractivity contribution in [2.75, 3.05) is 18.3 Å². The van der Waals surface area contributed by atoms with E-state index in [0.717, 1.165) is 11.3 Å². The minimum absolute atomic E-state index is 0.178. The van der Waals surface area contributed by atoms with Crippen molar-refractivity contribution < 1.29 is 17.8 Å². The number of Topliss-reactive ketones (excluding diaryl/α,β-unsaturated/α-hetero) is 1. The number of carbonyl (C=O) groups excluding carboxylic acids is 1. The Labute approximate surface area is 124 Å². The van der Waals surface area contributed by atoms with Gasteiger partial charge in [0.25, 0.3) is 0 Å². The first kappa shape index (κ1) is 19.1. The van der Waals surface area contributed by atoms with Crippen LogP contribution in [-0.2, 0) is 25.8 Å². The van der Waals surface area contributed by atoms with Crippen LogP contribution in [0, 0.1) is 12.8 Å². The Kier molecular flexibility index (Phi) is 8.08. The molecule has 0 bridgehead atoms. The van der Waals surface area contributed by atoms with Gasteiger partial charge in [-0.3, -0.25) is 4.79 Å². The normalized spacial score (nSPS) is 11.2. The zero-order chi connectivity index (χ0) is 15.9. The molecule has 0 aliphatic carbocycles. The van der Waals surface area contributed by atoms with Crippen molar-refractivity contribution >= 4 is 26.8 Å². The molecule has 0 amide bonds. The molecule has 0 fully saturated rings. The first-order valence-electron chi connectivity index (χ1n) is 6.13. The third-order valence-corrected chi connectivity index (χ3v) is 4.10. The van der Waals surface area contributed by atoms with Gasteiger partial charge < -0.3 is 4.55 Å². The highest BCUT2D eigenvalue weighted by Gasteiger charge is 2.14. The second kappa shape index (κ2) is 8.44. The summed E-state index contributed by atoms with van der Waals surface area (Å²) in [6.45, 7) is 5.73. The highest BCUT2D eigenvalue weighted by molar-refractivity contribution is 7.96. The molecule has 0 aromatic heterocycles. The summed E-state index contributed by atoms with van der Waals surface area (Å²) < 4.78 is 31.2. The topological polar surface area (TPSA) is 74.3 Å². The summed E-state index contributed by atoms with van der Waals surface area (Å²) in [7, 11) is -3.99. The van der Waals surface area contributed by atoms with E-state index in [1.54, 1.807) is 12.1 Å². The highest BCUT2D eigenvalue weighted by Crippen LogP contribution is 2.08. The summed E-state index contributed by atoms with van der Waals surface area (Å²) in [5.41, 5.74) is 0.928. The van der Waals surface area contributed by atoms with Crippen LogP contribution in [0.5, 0.6) is 0 Å². The maximum absolute atomic E-state index is 11.0. The molecule has 0 saturated carbocycles. The quantitative estimate of drug-likeness (QED) is 0.628. The Hall–Kier alpha value is -0.850. The lowest BCUT2D eigenvalue weighted by atomic mass is 10.1. The van der Waals surface area contributed by atoms with Gasteiger partial charge in [-0.05, 0) is 30.0 Å². The predicted octanol–water partition coefficient (Wildman–Crippen LogP) is 1.99. The van der Waals surface area contributed by atoms with Crippen molar-refractivity contribution in [3.05, 3.63) is 29.8 Å². The second-order valence-corrected chi connectivity index (χ2v) is 8.66. The zero-order valence-electron chi connectivity index (χ0n) is 12.5. The van der Waals surface area contributed by atoms with Crippen LogP contribution >= 0.6 is 0 Å². The molecule has 1 rings (SSSR count). The predicted molar refractivity (Wildman–Crippen MR) is 83.1 cm³/mol. The van der Waals surface area contributed by atoms with Crippen LogP contribution in [0.2, 0.25) is 0 Å². The fourth-order valence-electron chi connectivity index (χ4n) is 1.16. The van der Waals surface area contributed by atoms with Gasteiger partial charge >= 0.3 is 0 Å². The van der Waals surface area contributed by atoms with E-state index in [2.05, 4.69) is 12.5 Å². The lowest BCUT2D eigenvalue weighted by Gasteiger charge is -2.05. The number of hydrogen-bond acceptors (Lipinski definition) is 4. The van der Waals surface area contributed by atoms with Crippen LogP contribution in [0.25, 0.3) is 0 Å². The average Bonchev–Trinajstić information content (AvgIpc) is 2.28. The monoisotopic (exact) mass is 318 g/mol. The molecule has 6 heteroatoms. The molecule has 0 saturated heterocycles. The molecular formula is C14H22O4S2. The fraction of sp³-hybridized carbons (Fsp3) is 0.500. The molecule has 0 aliphatic heterocycles.